The van der Waals surface area contributed by atoms with Crippen LogP contribution in [-0.4, -0.2) is 84.0 Å². The van der Waals surface area contributed by atoms with Gasteiger partial charge in [-0.3, -0.25) is 9.11 Å². The van der Waals surface area contributed by atoms with Gasteiger partial charge in [0.1, 0.15) is 23.5 Å². The number of aryl methyl sites for hydroxylation is 1. The van der Waals surface area contributed by atoms with Crippen molar-refractivity contribution in [2.75, 3.05) is 54.9 Å². The van der Waals surface area contributed by atoms with Crippen molar-refractivity contribution >= 4 is 28.2 Å². The lowest BCUT2D eigenvalue weighted by atomic mass is 10.2. The van der Waals surface area contributed by atoms with Gasteiger partial charge in [0, 0.05) is 61.0 Å². The molecule has 2 saturated heterocycles. The van der Waals surface area contributed by atoms with E-state index in [2.05, 4.69) is 29.9 Å². The highest BCUT2D eigenvalue weighted by molar-refractivity contribution is 7.85. The Balaban J connectivity index is 0.987. The van der Waals surface area contributed by atoms with Gasteiger partial charge in [-0.05, 0) is 50.1 Å². The van der Waals surface area contributed by atoms with Crippen LogP contribution in [0.25, 0.3) is 17.4 Å². The van der Waals surface area contributed by atoms with Gasteiger partial charge < -0.3 is 19.8 Å². The second kappa shape index (κ2) is 11.3. The third-order valence-corrected chi connectivity index (χ3v) is 8.55. The number of fused-ring (bicyclic) bond motifs is 1. The number of piperazine rings is 1. The SMILES string of the molecule is Nc1nc(CCCN2CCN(c3ccc(OC4CCS(=O)CC4)cc3F)CC2)nc2nc(-c3ccco3)nn12. The molecule has 13 heteroatoms. The monoisotopic (exact) mass is 554 g/mol. The number of anilines is 2. The number of nitrogens with zero attached hydrogens (tertiary/aromatic N) is 7. The number of hydrogen-bond donors (Lipinski definition) is 1. The second-order valence-electron chi connectivity index (χ2n) is 9.83. The smallest absolute Gasteiger partial charge is 0.257 e. The maximum absolute atomic E-state index is 14.9. The van der Waals surface area contributed by atoms with E-state index in [1.807, 2.05) is 6.07 Å². The first kappa shape index (κ1) is 25.7. The van der Waals surface area contributed by atoms with Crippen molar-refractivity contribution < 1.29 is 17.8 Å². The van der Waals surface area contributed by atoms with E-state index in [9.17, 15) is 8.60 Å². The number of benzene rings is 1. The summed E-state index contributed by atoms with van der Waals surface area (Å²) in [7, 11) is -0.741. The number of nitrogen functional groups attached to an aromatic ring is 1. The van der Waals surface area contributed by atoms with Gasteiger partial charge in [0.25, 0.3) is 5.78 Å². The molecule has 0 saturated carbocycles. The number of aromatic nitrogens is 5. The van der Waals surface area contributed by atoms with Gasteiger partial charge in [0.15, 0.2) is 5.76 Å². The van der Waals surface area contributed by atoms with Crippen LogP contribution in [-0.2, 0) is 17.2 Å². The molecule has 0 aliphatic carbocycles. The van der Waals surface area contributed by atoms with Crippen LogP contribution in [0.3, 0.4) is 0 Å². The molecule has 6 rings (SSSR count). The van der Waals surface area contributed by atoms with Crippen LogP contribution in [0.1, 0.15) is 25.1 Å². The van der Waals surface area contributed by atoms with E-state index >= 15 is 0 Å². The highest BCUT2D eigenvalue weighted by Gasteiger charge is 2.22. The molecule has 2 N–H and O–H groups in total. The van der Waals surface area contributed by atoms with Crippen LogP contribution < -0.4 is 15.4 Å². The van der Waals surface area contributed by atoms with E-state index in [-0.39, 0.29) is 17.9 Å². The summed E-state index contributed by atoms with van der Waals surface area (Å²) in [6.45, 7) is 4.06. The number of ether oxygens (including phenoxy) is 1. The lowest BCUT2D eigenvalue weighted by Crippen LogP contribution is -2.47. The zero-order chi connectivity index (χ0) is 26.8. The van der Waals surface area contributed by atoms with Crippen LogP contribution in [0, 0.1) is 5.82 Å². The fourth-order valence-electron chi connectivity index (χ4n) is 5.04. The van der Waals surface area contributed by atoms with Crippen LogP contribution in [0.2, 0.25) is 0 Å². The fraction of sp³-hybridized carbons (Fsp3) is 0.462. The normalized spacial score (nSPS) is 20.5. The molecule has 206 valence electrons. The fourth-order valence-corrected chi connectivity index (χ4v) is 6.30. The highest BCUT2D eigenvalue weighted by atomic mass is 32.2. The summed E-state index contributed by atoms with van der Waals surface area (Å²) < 4.78 is 39.2. The van der Waals surface area contributed by atoms with Crippen LogP contribution in [0.4, 0.5) is 16.0 Å². The lowest BCUT2D eigenvalue weighted by molar-refractivity contribution is 0.190. The minimum absolute atomic E-state index is 0.0100. The van der Waals surface area contributed by atoms with E-state index in [1.165, 1.54) is 10.6 Å². The molecule has 5 heterocycles. The molecule has 11 nitrogen and oxygen atoms in total. The van der Waals surface area contributed by atoms with Gasteiger partial charge in [0.05, 0.1) is 12.0 Å². The quantitative estimate of drug-likeness (QED) is 0.347. The maximum Gasteiger partial charge on any atom is 0.257 e. The van der Waals surface area contributed by atoms with Crippen molar-refractivity contribution in [2.45, 2.75) is 31.8 Å². The van der Waals surface area contributed by atoms with E-state index in [1.54, 1.807) is 24.5 Å². The summed E-state index contributed by atoms with van der Waals surface area (Å²) in [6.07, 6.45) is 4.60. The van der Waals surface area contributed by atoms with Gasteiger partial charge in [-0.2, -0.15) is 19.5 Å². The first-order valence-electron chi connectivity index (χ1n) is 13.2. The summed E-state index contributed by atoms with van der Waals surface area (Å²) >= 11 is 0. The Bertz CT molecular complexity index is 1450. The lowest BCUT2D eigenvalue weighted by Gasteiger charge is -2.36. The number of halogens is 1. The molecule has 0 radical (unpaired) electrons. The summed E-state index contributed by atoms with van der Waals surface area (Å²) in [5, 5.41) is 4.33. The van der Waals surface area contributed by atoms with Crippen LogP contribution >= 0.6 is 0 Å². The number of furan rings is 1. The Kier molecular flexibility index (Phi) is 7.42. The molecule has 2 fully saturated rings. The molecule has 0 spiro atoms. The summed E-state index contributed by atoms with van der Waals surface area (Å²) in [5.41, 5.74) is 6.70. The molecular formula is C26H31FN8O3S. The topological polar surface area (TPSA) is 128 Å². The molecule has 0 amide bonds. The predicted octanol–water partition coefficient (Wildman–Crippen LogP) is 2.55. The van der Waals surface area contributed by atoms with Crippen molar-refractivity contribution in [2.24, 2.45) is 0 Å². The van der Waals surface area contributed by atoms with E-state index in [4.69, 9.17) is 14.9 Å². The molecule has 4 aromatic rings. The van der Waals surface area contributed by atoms with Gasteiger partial charge in [-0.25, -0.2) is 4.39 Å². The zero-order valence-electron chi connectivity index (χ0n) is 21.5. The Morgan fingerprint density at radius 2 is 1.92 bits per heavy atom. The molecule has 1 aromatic carbocycles. The van der Waals surface area contributed by atoms with E-state index in [0.717, 1.165) is 52.0 Å². The number of hydrogen-bond acceptors (Lipinski definition) is 10. The minimum atomic E-state index is -0.741. The first-order chi connectivity index (χ1) is 19.0. The van der Waals surface area contributed by atoms with Gasteiger partial charge in [-0.1, -0.05) is 0 Å². The van der Waals surface area contributed by atoms with Crippen LogP contribution in [0.15, 0.2) is 41.0 Å². The molecule has 0 unspecified atom stereocenters. The molecule has 3 aromatic heterocycles. The second-order valence-corrected chi connectivity index (χ2v) is 11.5. The highest BCUT2D eigenvalue weighted by Crippen LogP contribution is 2.27. The Morgan fingerprint density at radius 1 is 1.10 bits per heavy atom. The van der Waals surface area contributed by atoms with Crippen molar-refractivity contribution in [3.05, 3.63) is 48.2 Å². The number of nitrogens with two attached hydrogens (primary N) is 1. The Morgan fingerprint density at radius 3 is 2.67 bits per heavy atom. The van der Waals surface area contributed by atoms with Crippen molar-refractivity contribution in [3.63, 3.8) is 0 Å². The maximum atomic E-state index is 14.9. The van der Waals surface area contributed by atoms with E-state index in [0.29, 0.717) is 52.6 Å². The molecule has 2 aliphatic heterocycles. The molecule has 0 bridgehead atoms. The average molecular weight is 555 g/mol. The third-order valence-electron chi connectivity index (χ3n) is 7.17. The van der Waals surface area contributed by atoms with Crippen LogP contribution in [0.5, 0.6) is 5.75 Å². The van der Waals surface area contributed by atoms with Gasteiger partial charge in [-0.15, -0.1) is 5.10 Å². The predicted molar refractivity (Wildman–Crippen MR) is 146 cm³/mol. The molecule has 0 atom stereocenters. The third kappa shape index (κ3) is 5.88. The summed E-state index contributed by atoms with van der Waals surface area (Å²) in [5.74, 6) is 3.80. The Labute approximate surface area is 227 Å². The van der Waals surface area contributed by atoms with Gasteiger partial charge >= 0.3 is 0 Å². The number of rotatable bonds is 8. The molecule has 39 heavy (non-hydrogen) atoms. The van der Waals surface area contributed by atoms with Crippen molar-refractivity contribution in [1.29, 1.82) is 0 Å². The van der Waals surface area contributed by atoms with E-state index < -0.39 is 10.8 Å². The van der Waals surface area contributed by atoms with Crippen molar-refractivity contribution in [1.82, 2.24) is 29.5 Å². The van der Waals surface area contributed by atoms with Gasteiger partial charge in [0.2, 0.25) is 11.8 Å². The molecular weight excluding hydrogens is 523 g/mol. The standard InChI is InChI=1S/C26H31FN8O3S/c27-20-17-19(38-18-7-15-39(36)16-8-18)5-6-21(20)34-12-10-33(11-13-34)9-1-4-23-29-25(28)35-26(30-23)31-24(32-35)22-3-2-14-37-22/h2-3,5-6,14,17-18H,1,4,7-13,15-16H2,(H2,28,29,30,31,32). The average Bonchev–Trinajstić information content (AvgIpc) is 3.61. The largest absolute Gasteiger partial charge is 0.490 e. The zero-order valence-corrected chi connectivity index (χ0v) is 22.4. The summed E-state index contributed by atoms with van der Waals surface area (Å²) in [4.78, 5) is 17.8. The van der Waals surface area contributed by atoms with Crippen molar-refractivity contribution in [3.8, 4) is 17.3 Å². The summed E-state index contributed by atoms with van der Waals surface area (Å²) in [6, 6.07) is 8.67. The first-order valence-corrected chi connectivity index (χ1v) is 14.7. The minimum Gasteiger partial charge on any atom is -0.490 e. The Hall–Kier alpha value is -3.58. The molecule has 2 aliphatic rings.